The van der Waals surface area contributed by atoms with Crippen LogP contribution in [-0.4, -0.2) is 9.91 Å². The SMILES string of the molecule is Cc1cnc(CN)c([N+](=O)[O-])c1C(F)F. The van der Waals surface area contributed by atoms with E-state index < -0.39 is 22.6 Å². The third kappa shape index (κ3) is 2.07. The van der Waals surface area contributed by atoms with Gasteiger partial charge < -0.3 is 5.73 Å². The Morgan fingerprint density at radius 1 is 1.67 bits per heavy atom. The first-order chi connectivity index (χ1) is 6.99. The number of pyridine rings is 1. The van der Waals surface area contributed by atoms with Crippen LogP contribution in [0.1, 0.15) is 23.2 Å². The molecule has 0 aromatic carbocycles. The summed E-state index contributed by atoms with van der Waals surface area (Å²) in [7, 11) is 0. The monoisotopic (exact) mass is 217 g/mol. The summed E-state index contributed by atoms with van der Waals surface area (Å²) in [4.78, 5) is 13.4. The average molecular weight is 217 g/mol. The summed E-state index contributed by atoms with van der Waals surface area (Å²) in [5.74, 6) is 0. The Hall–Kier alpha value is -1.63. The van der Waals surface area contributed by atoms with Gasteiger partial charge in [-0.15, -0.1) is 0 Å². The van der Waals surface area contributed by atoms with Crippen molar-refractivity contribution in [2.24, 2.45) is 5.73 Å². The van der Waals surface area contributed by atoms with Crippen molar-refractivity contribution in [1.29, 1.82) is 0 Å². The van der Waals surface area contributed by atoms with Gasteiger partial charge in [-0.1, -0.05) is 0 Å². The second-order valence-corrected chi connectivity index (χ2v) is 2.91. The van der Waals surface area contributed by atoms with Crippen molar-refractivity contribution in [2.75, 3.05) is 0 Å². The van der Waals surface area contributed by atoms with Gasteiger partial charge in [-0.2, -0.15) is 0 Å². The Balaban J connectivity index is 3.51. The number of halogens is 2. The quantitative estimate of drug-likeness (QED) is 0.617. The molecule has 1 heterocycles. The molecular formula is C8H9F2N3O2. The van der Waals surface area contributed by atoms with Crippen LogP contribution in [0.5, 0.6) is 0 Å². The largest absolute Gasteiger partial charge is 0.325 e. The zero-order valence-electron chi connectivity index (χ0n) is 7.91. The minimum Gasteiger partial charge on any atom is -0.325 e. The van der Waals surface area contributed by atoms with E-state index in [0.717, 1.165) is 6.20 Å². The molecule has 1 rings (SSSR count). The highest BCUT2D eigenvalue weighted by molar-refractivity contribution is 5.48. The molecule has 0 bridgehead atoms. The van der Waals surface area contributed by atoms with E-state index in [2.05, 4.69) is 4.98 Å². The van der Waals surface area contributed by atoms with Crippen LogP contribution in [0.3, 0.4) is 0 Å². The molecule has 0 aliphatic rings. The number of aromatic nitrogens is 1. The maximum Gasteiger partial charge on any atom is 0.301 e. The number of aryl methyl sites for hydroxylation is 1. The molecule has 1 aromatic rings. The second-order valence-electron chi connectivity index (χ2n) is 2.91. The lowest BCUT2D eigenvalue weighted by atomic mass is 10.1. The maximum absolute atomic E-state index is 12.6. The average Bonchev–Trinajstić information content (AvgIpc) is 2.16. The molecule has 15 heavy (non-hydrogen) atoms. The highest BCUT2D eigenvalue weighted by Gasteiger charge is 2.28. The Morgan fingerprint density at radius 2 is 2.27 bits per heavy atom. The summed E-state index contributed by atoms with van der Waals surface area (Å²) in [6, 6.07) is 0. The Morgan fingerprint density at radius 3 is 2.67 bits per heavy atom. The van der Waals surface area contributed by atoms with Crippen LogP contribution >= 0.6 is 0 Å². The van der Waals surface area contributed by atoms with E-state index in [1.807, 2.05) is 0 Å². The van der Waals surface area contributed by atoms with E-state index in [1.165, 1.54) is 6.92 Å². The molecule has 0 saturated heterocycles. The summed E-state index contributed by atoms with van der Waals surface area (Å²) in [5, 5.41) is 10.6. The summed E-state index contributed by atoms with van der Waals surface area (Å²) >= 11 is 0. The third-order valence-corrected chi connectivity index (χ3v) is 1.96. The molecule has 0 saturated carbocycles. The van der Waals surface area contributed by atoms with Gasteiger partial charge in [0, 0.05) is 12.7 Å². The van der Waals surface area contributed by atoms with Crippen molar-refractivity contribution in [3.63, 3.8) is 0 Å². The molecule has 5 nitrogen and oxygen atoms in total. The topological polar surface area (TPSA) is 82.0 Å². The van der Waals surface area contributed by atoms with Crippen LogP contribution in [-0.2, 0) is 6.54 Å². The van der Waals surface area contributed by atoms with Gasteiger partial charge >= 0.3 is 5.69 Å². The van der Waals surface area contributed by atoms with Gasteiger partial charge in [0.2, 0.25) is 0 Å². The fourth-order valence-corrected chi connectivity index (χ4v) is 1.28. The van der Waals surface area contributed by atoms with Crippen molar-refractivity contribution in [1.82, 2.24) is 4.98 Å². The van der Waals surface area contributed by atoms with Gasteiger partial charge in [-0.25, -0.2) is 8.78 Å². The number of nitrogens with zero attached hydrogens (tertiary/aromatic N) is 2. The van der Waals surface area contributed by atoms with Gasteiger partial charge in [0.15, 0.2) is 0 Å². The first kappa shape index (κ1) is 11.4. The predicted molar refractivity (Wildman–Crippen MR) is 48.5 cm³/mol. The Bertz CT molecular complexity index is 396. The molecule has 0 radical (unpaired) electrons. The molecule has 2 N–H and O–H groups in total. The molecule has 7 heteroatoms. The van der Waals surface area contributed by atoms with E-state index in [4.69, 9.17) is 5.73 Å². The minimum atomic E-state index is -2.90. The number of nitro groups is 1. The molecule has 0 amide bonds. The van der Waals surface area contributed by atoms with E-state index >= 15 is 0 Å². The number of hydrogen-bond donors (Lipinski definition) is 1. The zero-order chi connectivity index (χ0) is 11.6. The highest BCUT2D eigenvalue weighted by atomic mass is 19.3. The normalized spacial score (nSPS) is 10.7. The Labute approximate surface area is 84.1 Å². The molecule has 82 valence electrons. The van der Waals surface area contributed by atoms with Crippen LogP contribution in [0, 0.1) is 17.0 Å². The van der Waals surface area contributed by atoms with Gasteiger partial charge in [-0.3, -0.25) is 15.1 Å². The van der Waals surface area contributed by atoms with Gasteiger partial charge in [0.1, 0.15) is 11.3 Å². The molecule has 0 unspecified atom stereocenters. The van der Waals surface area contributed by atoms with Crippen LogP contribution in [0.2, 0.25) is 0 Å². The van der Waals surface area contributed by atoms with E-state index in [1.54, 1.807) is 0 Å². The van der Waals surface area contributed by atoms with E-state index in [-0.39, 0.29) is 17.8 Å². The summed E-state index contributed by atoms with van der Waals surface area (Å²) < 4.78 is 25.2. The summed E-state index contributed by atoms with van der Waals surface area (Å²) in [5.41, 5.74) is 3.89. The maximum atomic E-state index is 12.6. The third-order valence-electron chi connectivity index (χ3n) is 1.96. The van der Waals surface area contributed by atoms with Crippen LogP contribution in [0.15, 0.2) is 6.20 Å². The fraction of sp³-hybridized carbons (Fsp3) is 0.375. The first-order valence-corrected chi connectivity index (χ1v) is 4.10. The first-order valence-electron chi connectivity index (χ1n) is 4.10. The molecular weight excluding hydrogens is 208 g/mol. The summed E-state index contributed by atoms with van der Waals surface area (Å²) in [6.07, 6.45) is -1.74. The fourth-order valence-electron chi connectivity index (χ4n) is 1.28. The van der Waals surface area contributed by atoms with Crippen molar-refractivity contribution in [3.05, 3.63) is 33.1 Å². The van der Waals surface area contributed by atoms with Crippen LogP contribution in [0.25, 0.3) is 0 Å². The standard InChI is InChI=1S/C8H9F2N3O2/c1-4-3-12-5(2-11)7(13(14)15)6(4)8(9)10/h3,8H,2,11H2,1H3. The number of alkyl halides is 2. The lowest BCUT2D eigenvalue weighted by molar-refractivity contribution is -0.387. The lowest BCUT2D eigenvalue weighted by Gasteiger charge is -2.07. The molecule has 0 fully saturated rings. The smallest absolute Gasteiger partial charge is 0.301 e. The molecule has 0 aliphatic carbocycles. The zero-order valence-corrected chi connectivity index (χ0v) is 7.91. The molecule has 0 atom stereocenters. The molecule has 0 aliphatic heterocycles. The van der Waals surface area contributed by atoms with E-state index in [9.17, 15) is 18.9 Å². The lowest BCUT2D eigenvalue weighted by Crippen LogP contribution is -2.09. The number of nitrogens with two attached hydrogens (primary N) is 1. The summed E-state index contributed by atoms with van der Waals surface area (Å²) in [6.45, 7) is 1.11. The number of hydrogen-bond acceptors (Lipinski definition) is 4. The van der Waals surface area contributed by atoms with Gasteiger partial charge in [0.25, 0.3) is 6.43 Å². The van der Waals surface area contributed by atoms with Crippen molar-refractivity contribution >= 4 is 5.69 Å². The highest BCUT2D eigenvalue weighted by Crippen LogP contribution is 2.33. The van der Waals surface area contributed by atoms with Crippen molar-refractivity contribution in [2.45, 2.75) is 19.9 Å². The van der Waals surface area contributed by atoms with E-state index in [0.29, 0.717) is 0 Å². The van der Waals surface area contributed by atoms with Gasteiger partial charge in [0.05, 0.1) is 4.92 Å². The van der Waals surface area contributed by atoms with Crippen molar-refractivity contribution < 1.29 is 13.7 Å². The predicted octanol–water partition coefficient (Wildman–Crippen LogP) is 1.69. The van der Waals surface area contributed by atoms with Crippen molar-refractivity contribution in [3.8, 4) is 0 Å². The van der Waals surface area contributed by atoms with Crippen LogP contribution < -0.4 is 5.73 Å². The second kappa shape index (κ2) is 4.26. The number of rotatable bonds is 3. The molecule has 1 aromatic heterocycles. The van der Waals surface area contributed by atoms with Gasteiger partial charge in [-0.05, 0) is 12.5 Å². The Kier molecular flexibility index (Phi) is 3.25. The molecule has 0 spiro atoms. The minimum absolute atomic E-state index is 0.0916. The van der Waals surface area contributed by atoms with Crippen LogP contribution in [0.4, 0.5) is 14.5 Å².